The van der Waals surface area contributed by atoms with E-state index in [1.807, 2.05) is 32.0 Å². The van der Waals surface area contributed by atoms with Crippen LogP contribution in [-0.2, 0) is 21.2 Å². The minimum Gasteiger partial charge on any atom is -0.490 e. The van der Waals surface area contributed by atoms with E-state index in [0.29, 0.717) is 30.4 Å². The molecule has 0 aliphatic rings. The van der Waals surface area contributed by atoms with Gasteiger partial charge in [-0.3, -0.25) is 4.79 Å². The molecule has 1 amide bonds. The van der Waals surface area contributed by atoms with E-state index in [2.05, 4.69) is 10.3 Å². The van der Waals surface area contributed by atoms with Crippen molar-refractivity contribution in [3.8, 4) is 17.4 Å². The molecule has 0 unspecified atom stereocenters. The molecule has 1 aromatic heterocycles. The summed E-state index contributed by atoms with van der Waals surface area (Å²) < 4.78 is 35.1. The molecule has 7 nitrogen and oxygen atoms in total. The van der Waals surface area contributed by atoms with Crippen LogP contribution in [0.1, 0.15) is 38.7 Å². The summed E-state index contributed by atoms with van der Waals surface area (Å²) in [6.45, 7) is 4.63. The Morgan fingerprint density at radius 3 is 2.48 bits per heavy atom. The van der Waals surface area contributed by atoms with Gasteiger partial charge in [-0.15, -0.1) is 0 Å². The van der Waals surface area contributed by atoms with Crippen LogP contribution in [-0.4, -0.2) is 37.4 Å². The number of aromatic nitrogens is 1. The van der Waals surface area contributed by atoms with E-state index in [-0.39, 0.29) is 12.3 Å². The highest BCUT2D eigenvalue weighted by Crippen LogP contribution is 2.30. The van der Waals surface area contributed by atoms with Crippen molar-refractivity contribution in [2.24, 2.45) is 0 Å². The van der Waals surface area contributed by atoms with Crippen molar-refractivity contribution >= 4 is 15.7 Å². The molecule has 2 rings (SSSR count). The molecule has 29 heavy (non-hydrogen) atoms. The number of nitrogens with one attached hydrogen (secondary N) is 1. The maximum Gasteiger partial charge on any atom is 0.235 e. The number of unbranched alkanes of at least 4 members (excludes halogenated alkanes) is 2. The van der Waals surface area contributed by atoms with Gasteiger partial charge in [-0.05, 0) is 31.0 Å². The van der Waals surface area contributed by atoms with Gasteiger partial charge in [0.15, 0.2) is 21.3 Å². The van der Waals surface area contributed by atoms with Crippen LogP contribution in [0.25, 0.3) is 0 Å². The van der Waals surface area contributed by atoms with Crippen LogP contribution in [0.15, 0.2) is 42.6 Å². The minimum absolute atomic E-state index is 0.0467. The molecule has 0 bridgehead atoms. The van der Waals surface area contributed by atoms with Crippen molar-refractivity contribution < 1.29 is 22.7 Å². The second-order valence-corrected chi connectivity index (χ2v) is 8.75. The number of carbonyl (C=O) groups excluding carboxylic acids is 1. The molecule has 0 atom stereocenters. The van der Waals surface area contributed by atoms with Crippen LogP contribution >= 0.6 is 0 Å². The second-order valence-electron chi connectivity index (χ2n) is 6.56. The molecule has 0 fully saturated rings. The van der Waals surface area contributed by atoms with Crippen LogP contribution < -0.4 is 14.8 Å². The lowest BCUT2D eigenvalue weighted by molar-refractivity contribution is -0.118. The van der Waals surface area contributed by atoms with Crippen molar-refractivity contribution in [3.63, 3.8) is 0 Å². The van der Waals surface area contributed by atoms with Gasteiger partial charge in [0.05, 0.1) is 12.4 Å². The number of hydrogen-bond acceptors (Lipinski definition) is 6. The fourth-order valence-electron chi connectivity index (χ4n) is 2.59. The van der Waals surface area contributed by atoms with Gasteiger partial charge in [0.2, 0.25) is 11.8 Å². The number of ether oxygens (including phenoxy) is 2. The highest BCUT2D eigenvalue weighted by atomic mass is 32.2. The Balaban J connectivity index is 1.85. The molecule has 1 heterocycles. The zero-order valence-corrected chi connectivity index (χ0v) is 17.7. The summed E-state index contributed by atoms with van der Waals surface area (Å²) in [6, 6.07) is 10.8. The topological polar surface area (TPSA) is 94.6 Å². The van der Waals surface area contributed by atoms with Crippen LogP contribution in [0, 0.1) is 0 Å². The SMILES string of the molecule is CCCCCS(=O)(=O)CC(=O)NCc1ccc(Oc2ccccc2OCC)nc1. The van der Waals surface area contributed by atoms with Gasteiger partial charge < -0.3 is 14.8 Å². The monoisotopic (exact) mass is 420 g/mol. The van der Waals surface area contributed by atoms with Gasteiger partial charge in [0.25, 0.3) is 0 Å². The van der Waals surface area contributed by atoms with Crippen molar-refractivity contribution in [2.75, 3.05) is 18.1 Å². The van der Waals surface area contributed by atoms with E-state index in [4.69, 9.17) is 9.47 Å². The third-order valence-electron chi connectivity index (χ3n) is 4.06. The fourth-order valence-corrected chi connectivity index (χ4v) is 3.88. The number of hydrogen-bond donors (Lipinski definition) is 1. The summed E-state index contributed by atoms with van der Waals surface area (Å²) in [4.78, 5) is 16.2. The largest absolute Gasteiger partial charge is 0.490 e. The van der Waals surface area contributed by atoms with Crippen molar-refractivity contribution in [3.05, 3.63) is 48.2 Å². The molecule has 0 aliphatic carbocycles. The summed E-state index contributed by atoms with van der Waals surface area (Å²) in [6.07, 6.45) is 3.94. The smallest absolute Gasteiger partial charge is 0.235 e. The number of para-hydroxylation sites is 2. The average Bonchev–Trinajstić information content (AvgIpc) is 2.69. The first-order valence-electron chi connectivity index (χ1n) is 9.75. The molecule has 0 saturated carbocycles. The molecule has 1 aromatic carbocycles. The van der Waals surface area contributed by atoms with Gasteiger partial charge >= 0.3 is 0 Å². The van der Waals surface area contributed by atoms with E-state index in [9.17, 15) is 13.2 Å². The average molecular weight is 421 g/mol. The van der Waals surface area contributed by atoms with Gasteiger partial charge in [-0.25, -0.2) is 13.4 Å². The maximum absolute atomic E-state index is 11.9. The minimum atomic E-state index is -3.37. The third kappa shape index (κ3) is 8.11. The van der Waals surface area contributed by atoms with E-state index in [1.165, 1.54) is 0 Å². The first-order chi connectivity index (χ1) is 13.9. The number of sulfone groups is 1. The Kier molecular flexibility index (Phi) is 8.92. The molecule has 0 spiro atoms. The molecular weight excluding hydrogens is 392 g/mol. The molecule has 158 valence electrons. The van der Waals surface area contributed by atoms with Gasteiger partial charge in [-0.1, -0.05) is 38.0 Å². The van der Waals surface area contributed by atoms with E-state index < -0.39 is 21.5 Å². The first-order valence-corrected chi connectivity index (χ1v) is 11.6. The van der Waals surface area contributed by atoms with E-state index in [0.717, 1.165) is 18.4 Å². The van der Waals surface area contributed by atoms with Crippen LogP contribution in [0.2, 0.25) is 0 Å². The lowest BCUT2D eigenvalue weighted by atomic mass is 10.3. The molecular formula is C21H28N2O5S. The van der Waals surface area contributed by atoms with Crippen molar-refractivity contribution in [1.82, 2.24) is 10.3 Å². The molecule has 2 aromatic rings. The van der Waals surface area contributed by atoms with Crippen molar-refractivity contribution in [1.29, 1.82) is 0 Å². The van der Waals surface area contributed by atoms with Gasteiger partial charge in [0, 0.05) is 18.8 Å². The van der Waals surface area contributed by atoms with Crippen LogP contribution in [0.4, 0.5) is 0 Å². The lowest BCUT2D eigenvalue weighted by Crippen LogP contribution is -2.30. The lowest BCUT2D eigenvalue weighted by Gasteiger charge is -2.11. The quantitative estimate of drug-likeness (QED) is 0.528. The number of amides is 1. The highest BCUT2D eigenvalue weighted by Gasteiger charge is 2.16. The Hall–Kier alpha value is -2.61. The van der Waals surface area contributed by atoms with E-state index >= 15 is 0 Å². The Labute approximate surface area is 172 Å². The summed E-state index contributed by atoms with van der Waals surface area (Å²) in [7, 11) is -3.37. The Morgan fingerprint density at radius 2 is 1.83 bits per heavy atom. The summed E-state index contributed by atoms with van der Waals surface area (Å²) in [5.74, 6) is 0.646. The molecule has 0 aliphatic heterocycles. The standard InChI is InChI=1S/C21H28N2O5S/c1-3-5-8-13-29(25,26)16-20(24)22-14-17-11-12-21(23-15-17)28-19-10-7-6-9-18(19)27-4-2/h6-7,9-12,15H,3-5,8,13-14,16H2,1-2H3,(H,22,24). The molecule has 0 saturated heterocycles. The summed E-state index contributed by atoms with van der Waals surface area (Å²) >= 11 is 0. The van der Waals surface area contributed by atoms with Crippen LogP contribution in [0.5, 0.6) is 17.4 Å². The predicted octanol–water partition coefficient (Wildman–Crippen LogP) is 3.49. The predicted molar refractivity (Wildman–Crippen MR) is 112 cm³/mol. The number of benzene rings is 1. The fraction of sp³-hybridized carbons (Fsp3) is 0.429. The number of carbonyl (C=O) groups is 1. The molecule has 0 radical (unpaired) electrons. The Bertz CT molecular complexity index is 882. The third-order valence-corrected chi connectivity index (χ3v) is 5.67. The summed E-state index contributed by atoms with van der Waals surface area (Å²) in [5, 5.41) is 2.62. The zero-order valence-electron chi connectivity index (χ0n) is 16.9. The summed E-state index contributed by atoms with van der Waals surface area (Å²) in [5.41, 5.74) is 0.743. The zero-order chi connectivity index (χ0) is 21.1. The number of rotatable bonds is 12. The van der Waals surface area contributed by atoms with Gasteiger partial charge in [-0.2, -0.15) is 0 Å². The normalized spacial score (nSPS) is 11.1. The van der Waals surface area contributed by atoms with Gasteiger partial charge in [0.1, 0.15) is 5.75 Å². The number of pyridine rings is 1. The second kappa shape index (κ2) is 11.4. The highest BCUT2D eigenvalue weighted by molar-refractivity contribution is 7.92. The molecule has 1 N–H and O–H groups in total. The molecule has 8 heteroatoms. The maximum atomic E-state index is 11.9. The van der Waals surface area contributed by atoms with Crippen molar-refractivity contribution in [2.45, 2.75) is 39.7 Å². The van der Waals surface area contributed by atoms with E-state index in [1.54, 1.807) is 24.4 Å². The Morgan fingerprint density at radius 1 is 1.07 bits per heavy atom. The first kappa shape index (κ1) is 22.7. The number of nitrogens with zero attached hydrogens (tertiary/aromatic N) is 1. The van der Waals surface area contributed by atoms with Crippen LogP contribution in [0.3, 0.4) is 0 Å².